The monoisotopic (exact) mass is 312 g/mol. The van der Waals surface area contributed by atoms with Crippen LogP contribution >= 0.6 is 11.3 Å². The van der Waals surface area contributed by atoms with Crippen LogP contribution in [0, 0.1) is 23.2 Å². The molecule has 1 unspecified atom stereocenters. The van der Waals surface area contributed by atoms with Gasteiger partial charge in [-0.25, -0.2) is 13.1 Å². The second kappa shape index (κ2) is 8.03. The Morgan fingerprint density at radius 2 is 2.30 bits per heavy atom. The lowest BCUT2D eigenvalue weighted by Crippen LogP contribution is -2.32. The highest BCUT2D eigenvalue weighted by Crippen LogP contribution is 2.14. The minimum atomic E-state index is -3.61. The molecule has 0 fully saturated rings. The predicted molar refractivity (Wildman–Crippen MR) is 78.4 cm³/mol. The fourth-order valence-corrected chi connectivity index (χ4v) is 3.39. The second-order valence-corrected chi connectivity index (χ2v) is 6.91. The molecule has 0 aromatic carbocycles. The van der Waals surface area contributed by atoms with Crippen LogP contribution in [0.25, 0.3) is 0 Å². The molecule has 20 heavy (non-hydrogen) atoms. The van der Waals surface area contributed by atoms with Gasteiger partial charge < -0.3 is 5.11 Å². The van der Waals surface area contributed by atoms with Crippen molar-refractivity contribution in [3.8, 4) is 17.9 Å². The zero-order valence-corrected chi connectivity index (χ0v) is 12.7. The molecular weight excluding hydrogens is 296 g/mol. The molecule has 0 aliphatic carbocycles. The third kappa shape index (κ3) is 4.95. The van der Waals surface area contributed by atoms with Crippen molar-refractivity contribution in [2.24, 2.45) is 0 Å². The van der Waals surface area contributed by atoms with E-state index in [0.29, 0.717) is 6.42 Å². The molecule has 5 nitrogen and oxygen atoms in total. The molecule has 1 rings (SSSR count). The molecule has 1 aromatic heterocycles. The van der Waals surface area contributed by atoms with Crippen molar-refractivity contribution in [1.82, 2.24) is 4.72 Å². The lowest BCUT2D eigenvalue weighted by atomic mass is 10.3. The molecule has 1 atom stereocenters. The number of aliphatic hydroxyl groups excluding tert-OH is 1. The van der Waals surface area contributed by atoms with Crippen molar-refractivity contribution in [2.45, 2.75) is 31.6 Å². The lowest BCUT2D eigenvalue weighted by molar-refractivity contribution is 0.305. The van der Waals surface area contributed by atoms with E-state index in [0.717, 1.165) is 10.4 Å². The van der Waals surface area contributed by atoms with Crippen LogP contribution < -0.4 is 4.72 Å². The maximum Gasteiger partial charge on any atom is 0.228 e. The number of thiophene rings is 1. The minimum Gasteiger partial charge on any atom is -0.395 e. The zero-order chi connectivity index (χ0) is 15.0. The summed E-state index contributed by atoms with van der Waals surface area (Å²) < 4.78 is 26.0. The van der Waals surface area contributed by atoms with Gasteiger partial charge >= 0.3 is 0 Å². The number of hydrogen-bond donors (Lipinski definition) is 2. The van der Waals surface area contributed by atoms with Gasteiger partial charge in [-0.15, -0.1) is 11.3 Å². The number of rotatable bonds is 6. The summed E-state index contributed by atoms with van der Waals surface area (Å²) in [4.78, 5) is 0.828. The van der Waals surface area contributed by atoms with Crippen LogP contribution in [0.1, 0.15) is 30.2 Å². The first kappa shape index (κ1) is 16.7. The Bertz CT molecular complexity index is 633. The number of nitrogens with zero attached hydrogens (tertiary/aromatic N) is 1. The first-order valence-electron chi connectivity index (χ1n) is 6.08. The Hall–Kier alpha value is -1.38. The Labute approximate surface area is 123 Å². The van der Waals surface area contributed by atoms with Gasteiger partial charge in [0, 0.05) is 28.8 Å². The first-order valence-corrected chi connectivity index (χ1v) is 8.51. The highest BCUT2D eigenvalue weighted by molar-refractivity contribution is 7.90. The third-order valence-electron chi connectivity index (χ3n) is 2.46. The molecule has 0 aliphatic rings. The summed E-state index contributed by atoms with van der Waals surface area (Å²) in [6, 6.07) is 3.57. The molecule has 0 saturated heterocycles. The van der Waals surface area contributed by atoms with Gasteiger partial charge in [-0.05, 0) is 12.5 Å². The van der Waals surface area contributed by atoms with Crippen molar-refractivity contribution < 1.29 is 13.5 Å². The Morgan fingerprint density at radius 3 is 2.90 bits per heavy atom. The van der Waals surface area contributed by atoms with Gasteiger partial charge in [0.15, 0.2) is 5.25 Å². The standard InChI is InChI=1S/C13H16N2O3S2/c1-2-13(8-14)20(17,18)15-9-12-7-11(10-19-12)5-3-4-6-16/h7,10,13,15-16H,2,4,6,9H2,1H3. The van der Waals surface area contributed by atoms with Gasteiger partial charge in [0.1, 0.15) is 0 Å². The SMILES string of the molecule is CCC(C#N)S(=O)(=O)NCc1cc(C#CCCO)cs1. The van der Waals surface area contributed by atoms with Crippen LogP contribution in [0.4, 0.5) is 0 Å². The topological polar surface area (TPSA) is 90.2 Å². The van der Waals surface area contributed by atoms with Crippen molar-refractivity contribution in [3.63, 3.8) is 0 Å². The fourth-order valence-electron chi connectivity index (χ4n) is 1.41. The quantitative estimate of drug-likeness (QED) is 0.772. The molecule has 0 bridgehead atoms. The summed E-state index contributed by atoms with van der Waals surface area (Å²) in [6.07, 6.45) is 0.673. The summed E-state index contributed by atoms with van der Waals surface area (Å²) in [6.45, 7) is 1.84. The van der Waals surface area contributed by atoms with E-state index < -0.39 is 15.3 Å². The van der Waals surface area contributed by atoms with Gasteiger partial charge in [0.2, 0.25) is 10.0 Å². The zero-order valence-electron chi connectivity index (χ0n) is 11.1. The smallest absolute Gasteiger partial charge is 0.228 e. The molecule has 2 N–H and O–H groups in total. The molecule has 0 radical (unpaired) electrons. The molecule has 108 valence electrons. The Balaban J connectivity index is 2.64. The molecule has 0 spiro atoms. The van der Waals surface area contributed by atoms with Gasteiger partial charge in [-0.2, -0.15) is 5.26 Å². The van der Waals surface area contributed by atoms with Gasteiger partial charge in [-0.3, -0.25) is 0 Å². The summed E-state index contributed by atoms with van der Waals surface area (Å²) in [5.74, 6) is 5.68. The fraction of sp³-hybridized carbons (Fsp3) is 0.462. The van der Waals surface area contributed by atoms with Crippen LogP contribution in [-0.2, 0) is 16.6 Å². The minimum absolute atomic E-state index is 0.0242. The van der Waals surface area contributed by atoms with E-state index >= 15 is 0 Å². The van der Waals surface area contributed by atoms with Crippen LogP contribution in [-0.4, -0.2) is 25.4 Å². The largest absolute Gasteiger partial charge is 0.395 e. The number of hydrogen-bond acceptors (Lipinski definition) is 5. The summed E-state index contributed by atoms with van der Waals surface area (Å²) in [5, 5.41) is 18.2. The normalized spacial score (nSPS) is 12.2. The van der Waals surface area contributed by atoms with Gasteiger partial charge in [0.05, 0.1) is 12.7 Å². The third-order valence-corrected chi connectivity index (χ3v) is 5.13. The van der Waals surface area contributed by atoms with E-state index in [2.05, 4.69) is 16.6 Å². The van der Waals surface area contributed by atoms with Crippen LogP contribution in [0.2, 0.25) is 0 Å². The summed E-state index contributed by atoms with van der Waals surface area (Å²) in [5.41, 5.74) is 0.796. The highest BCUT2D eigenvalue weighted by Gasteiger charge is 2.22. The van der Waals surface area contributed by atoms with E-state index in [1.54, 1.807) is 19.1 Å². The molecule has 7 heteroatoms. The lowest BCUT2D eigenvalue weighted by Gasteiger charge is -2.08. The first-order chi connectivity index (χ1) is 9.53. The highest BCUT2D eigenvalue weighted by atomic mass is 32.2. The number of sulfonamides is 1. The average molecular weight is 312 g/mol. The van der Waals surface area contributed by atoms with Crippen LogP contribution in [0.3, 0.4) is 0 Å². The van der Waals surface area contributed by atoms with E-state index in [-0.39, 0.29) is 19.6 Å². The van der Waals surface area contributed by atoms with Gasteiger partial charge in [0.25, 0.3) is 0 Å². The number of nitrogens with one attached hydrogen (secondary N) is 1. The van der Waals surface area contributed by atoms with E-state index in [1.807, 2.05) is 5.38 Å². The number of nitriles is 1. The molecular formula is C13H16N2O3S2. The maximum atomic E-state index is 11.8. The van der Waals surface area contributed by atoms with E-state index in [4.69, 9.17) is 10.4 Å². The number of aliphatic hydroxyl groups is 1. The maximum absolute atomic E-state index is 11.8. The van der Waals surface area contributed by atoms with Crippen molar-refractivity contribution in [1.29, 1.82) is 5.26 Å². The molecule has 0 amide bonds. The average Bonchev–Trinajstić information content (AvgIpc) is 2.86. The van der Waals surface area contributed by atoms with Gasteiger partial charge in [-0.1, -0.05) is 18.8 Å². The Morgan fingerprint density at radius 1 is 1.55 bits per heavy atom. The molecule has 1 aromatic rings. The van der Waals surface area contributed by atoms with Crippen LogP contribution in [0.15, 0.2) is 11.4 Å². The van der Waals surface area contributed by atoms with Crippen LogP contribution in [0.5, 0.6) is 0 Å². The Kier molecular flexibility index (Phi) is 6.69. The van der Waals surface area contributed by atoms with Crippen molar-refractivity contribution >= 4 is 21.4 Å². The molecule has 1 heterocycles. The molecule has 0 saturated carbocycles. The van der Waals surface area contributed by atoms with E-state index in [9.17, 15) is 8.42 Å². The molecule has 0 aliphatic heterocycles. The second-order valence-electron chi connectivity index (χ2n) is 3.97. The van der Waals surface area contributed by atoms with Crippen molar-refractivity contribution in [2.75, 3.05) is 6.61 Å². The summed E-state index contributed by atoms with van der Waals surface area (Å²) in [7, 11) is -3.61. The van der Waals surface area contributed by atoms with Crippen molar-refractivity contribution in [3.05, 3.63) is 21.9 Å². The summed E-state index contributed by atoms with van der Waals surface area (Å²) >= 11 is 1.40. The predicted octanol–water partition coefficient (Wildman–Crippen LogP) is 1.20. The van der Waals surface area contributed by atoms with E-state index in [1.165, 1.54) is 11.3 Å².